The van der Waals surface area contributed by atoms with E-state index in [1.165, 1.54) is 48.5 Å². The molecule has 0 saturated heterocycles. The Morgan fingerprint density at radius 2 is 1.07 bits per heavy atom. The molecule has 0 aromatic heterocycles. The van der Waals surface area contributed by atoms with Gasteiger partial charge in [0, 0.05) is 21.6 Å². The molecule has 3 aromatic carbocycles. The van der Waals surface area contributed by atoms with Crippen LogP contribution in [0.3, 0.4) is 0 Å². The number of hydrogen-bond acceptors (Lipinski definition) is 2. The zero-order chi connectivity index (χ0) is 21.4. The van der Waals surface area contributed by atoms with Gasteiger partial charge in [-0.2, -0.15) is 26.3 Å². The second kappa shape index (κ2) is 7.26. The second-order valence-corrected chi connectivity index (χ2v) is 9.07. The predicted molar refractivity (Wildman–Crippen MR) is 100 cm³/mol. The third kappa shape index (κ3) is 4.17. The highest BCUT2D eigenvalue weighted by molar-refractivity contribution is 7.85. The molecule has 1 atom stereocenters. The number of halogens is 6. The van der Waals surface area contributed by atoms with Gasteiger partial charge < -0.3 is 10.3 Å². The molecule has 2 N–H and O–H groups in total. The van der Waals surface area contributed by atoms with Crippen molar-refractivity contribution in [1.29, 1.82) is 0 Å². The van der Waals surface area contributed by atoms with Gasteiger partial charge in [-0.25, -0.2) is 0 Å². The van der Waals surface area contributed by atoms with E-state index in [9.17, 15) is 30.9 Å². The van der Waals surface area contributed by atoms with Crippen molar-refractivity contribution < 1.29 is 30.9 Å². The number of rotatable bonds is 3. The molecular formula is C20H14F6NOP. The monoisotopic (exact) mass is 429 g/mol. The Morgan fingerprint density at radius 1 is 0.621 bits per heavy atom. The highest BCUT2D eigenvalue weighted by Gasteiger charge is 2.40. The van der Waals surface area contributed by atoms with Crippen molar-refractivity contribution in [3.63, 3.8) is 0 Å². The van der Waals surface area contributed by atoms with Gasteiger partial charge >= 0.3 is 12.4 Å². The van der Waals surface area contributed by atoms with Crippen molar-refractivity contribution in [3.05, 3.63) is 83.9 Å². The minimum absolute atomic E-state index is 0.0157. The molecule has 0 radical (unpaired) electrons. The van der Waals surface area contributed by atoms with Gasteiger partial charge in [-0.3, -0.25) is 0 Å². The Morgan fingerprint density at radius 3 is 1.52 bits per heavy atom. The number of anilines is 1. The largest absolute Gasteiger partial charge is 0.416 e. The molecule has 0 amide bonds. The van der Waals surface area contributed by atoms with Crippen LogP contribution in [0.1, 0.15) is 11.1 Å². The number of hydrogen-bond donors (Lipinski definition) is 1. The lowest BCUT2D eigenvalue weighted by Crippen LogP contribution is -2.27. The molecule has 152 valence electrons. The van der Waals surface area contributed by atoms with E-state index in [-0.39, 0.29) is 16.7 Å². The minimum Gasteiger partial charge on any atom is -0.399 e. The van der Waals surface area contributed by atoms with Crippen molar-refractivity contribution in [2.45, 2.75) is 12.4 Å². The van der Waals surface area contributed by atoms with E-state index in [4.69, 9.17) is 5.73 Å². The van der Waals surface area contributed by atoms with E-state index in [0.29, 0.717) is 17.8 Å². The first kappa shape index (κ1) is 21.0. The summed E-state index contributed by atoms with van der Waals surface area (Å²) in [7, 11) is -4.04. The molecule has 29 heavy (non-hydrogen) atoms. The third-order valence-electron chi connectivity index (χ3n) is 4.31. The van der Waals surface area contributed by atoms with Gasteiger partial charge in [0.2, 0.25) is 0 Å². The maximum Gasteiger partial charge on any atom is 0.416 e. The lowest BCUT2D eigenvalue weighted by Gasteiger charge is -2.22. The SMILES string of the molecule is Nc1ccc(P(=O)(c2ccccc2)c2cc(C(F)(F)F)cc(C(F)(F)F)c2)cc1. The molecule has 0 heterocycles. The van der Waals surface area contributed by atoms with E-state index < -0.39 is 35.9 Å². The fourth-order valence-electron chi connectivity index (χ4n) is 2.89. The number of benzene rings is 3. The van der Waals surface area contributed by atoms with Gasteiger partial charge in [0.05, 0.1) is 11.1 Å². The summed E-state index contributed by atoms with van der Waals surface area (Å²) >= 11 is 0. The zero-order valence-electron chi connectivity index (χ0n) is 14.6. The van der Waals surface area contributed by atoms with Crippen molar-refractivity contribution in [3.8, 4) is 0 Å². The summed E-state index contributed by atoms with van der Waals surface area (Å²) in [5, 5.41) is -0.377. The maximum atomic E-state index is 14.1. The summed E-state index contributed by atoms with van der Waals surface area (Å²) < 4.78 is 94.0. The fourth-order valence-corrected chi connectivity index (χ4v) is 5.59. The van der Waals surface area contributed by atoms with Crippen LogP contribution >= 0.6 is 7.14 Å². The average molecular weight is 429 g/mol. The first-order valence-electron chi connectivity index (χ1n) is 8.24. The van der Waals surface area contributed by atoms with Gasteiger partial charge in [-0.05, 0) is 42.5 Å². The van der Waals surface area contributed by atoms with Crippen molar-refractivity contribution in [1.82, 2.24) is 0 Å². The molecule has 0 spiro atoms. The van der Waals surface area contributed by atoms with E-state index in [0.717, 1.165) is 0 Å². The van der Waals surface area contributed by atoms with E-state index in [2.05, 4.69) is 0 Å². The minimum atomic E-state index is -5.04. The van der Waals surface area contributed by atoms with Crippen LogP contribution < -0.4 is 21.6 Å². The molecule has 0 aliphatic heterocycles. The lowest BCUT2D eigenvalue weighted by atomic mass is 10.1. The van der Waals surface area contributed by atoms with Crippen molar-refractivity contribution >= 4 is 28.7 Å². The second-order valence-electron chi connectivity index (χ2n) is 6.30. The molecule has 9 heteroatoms. The average Bonchev–Trinajstić information content (AvgIpc) is 2.67. The zero-order valence-corrected chi connectivity index (χ0v) is 15.5. The molecule has 2 nitrogen and oxygen atoms in total. The predicted octanol–water partition coefficient (Wildman–Crippen LogP) is 4.95. The number of nitrogens with two attached hydrogens (primary N) is 1. The Balaban J connectivity index is 2.37. The summed E-state index contributed by atoms with van der Waals surface area (Å²) in [6.45, 7) is 0. The van der Waals surface area contributed by atoms with Crippen LogP contribution in [0.5, 0.6) is 0 Å². The van der Waals surface area contributed by atoms with Gasteiger partial charge in [-0.1, -0.05) is 30.3 Å². The first-order chi connectivity index (χ1) is 13.4. The Labute approximate surface area is 162 Å². The van der Waals surface area contributed by atoms with Crippen LogP contribution in [0.2, 0.25) is 0 Å². The molecule has 0 fully saturated rings. The summed E-state index contributed by atoms with van der Waals surface area (Å²) in [5.41, 5.74) is 2.90. The third-order valence-corrected chi connectivity index (χ3v) is 7.35. The van der Waals surface area contributed by atoms with Crippen molar-refractivity contribution in [2.75, 3.05) is 5.73 Å². The van der Waals surface area contributed by atoms with Gasteiger partial charge in [-0.15, -0.1) is 0 Å². The molecule has 3 aromatic rings. The van der Waals surface area contributed by atoms with E-state index >= 15 is 0 Å². The first-order valence-corrected chi connectivity index (χ1v) is 9.95. The maximum absolute atomic E-state index is 14.1. The molecule has 0 aliphatic carbocycles. The van der Waals surface area contributed by atoms with Crippen LogP contribution in [0, 0.1) is 0 Å². The van der Waals surface area contributed by atoms with Gasteiger partial charge in [0.1, 0.15) is 0 Å². The fraction of sp³-hybridized carbons (Fsp3) is 0.100. The molecule has 0 saturated carbocycles. The smallest absolute Gasteiger partial charge is 0.399 e. The Kier molecular flexibility index (Phi) is 5.26. The van der Waals surface area contributed by atoms with E-state index in [1.54, 1.807) is 6.07 Å². The van der Waals surface area contributed by atoms with Gasteiger partial charge in [0.15, 0.2) is 7.14 Å². The van der Waals surface area contributed by atoms with Crippen LogP contribution in [-0.4, -0.2) is 0 Å². The molecule has 1 unspecified atom stereocenters. The van der Waals surface area contributed by atoms with Crippen LogP contribution in [0.25, 0.3) is 0 Å². The van der Waals surface area contributed by atoms with E-state index in [1.807, 2.05) is 0 Å². The number of nitrogen functional groups attached to an aromatic ring is 1. The van der Waals surface area contributed by atoms with Crippen LogP contribution in [-0.2, 0) is 16.9 Å². The molecule has 3 rings (SSSR count). The lowest BCUT2D eigenvalue weighted by molar-refractivity contribution is -0.142. The van der Waals surface area contributed by atoms with Crippen LogP contribution in [0.15, 0.2) is 72.8 Å². The number of alkyl halides is 6. The quantitative estimate of drug-likeness (QED) is 0.364. The topological polar surface area (TPSA) is 43.1 Å². The summed E-state index contributed by atoms with van der Waals surface area (Å²) in [5.74, 6) is 0. The summed E-state index contributed by atoms with van der Waals surface area (Å²) in [6, 6.07) is 14.0. The Bertz CT molecular complexity index is 1030. The normalized spacial score (nSPS) is 14.4. The highest BCUT2D eigenvalue weighted by Crippen LogP contribution is 2.45. The van der Waals surface area contributed by atoms with Crippen molar-refractivity contribution in [2.24, 2.45) is 0 Å². The highest BCUT2D eigenvalue weighted by atomic mass is 31.2. The summed E-state index contributed by atoms with van der Waals surface area (Å²) in [4.78, 5) is 0. The molecule has 0 aliphatic rings. The standard InChI is InChI=1S/C20H14F6NOP/c21-19(22,23)13-10-14(20(24,25)26)12-18(11-13)29(28,16-4-2-1-3-5-16)17-8-6-15(27)7-9-17/h1-12H,27H2. The Hall–Kier alpha value is -2.73. The summed E-state index contributed by atoms with van der Waals surface area (Å²) in [6.07, 6.45) is -10.1. The molecule has 0 bridgehead atoms. The molecular weight excluding hydrogens is 415 g/mol. The van der Waals surface area contributed by atoms with Crippen LogP contribution in [0.4, 0.5) is 32.0 Å². The van der Waals surface area contributed by atoms with Gasteiger partial charge in [0.25, 0.3) is 0 Å².